The van der Waals surface area contributed by atoms with Gasteiger partial charge < -0.3 is 4.98 Å². The molecule has 0 amide bonds. The highest BCUT2D eigenvalue weighted by Crippen LogP contribution is 2.35. The largest absolute Gasteiger partial charge is 0.352 e. The van der Waals surface area contributed by atoms with Crippen molar-refractivity contribution in [3.8, 4) is 33.1 Å². The van der Waals surface area contributed by atoms with Crippen LogP contribution in [0.1, 0.15) is 18.4 Å². The summed E-state index contributed by atoms with van der Waals surface area (Å²) in [6, 6.07) is 12.6. The second-order valence-electron chi connectivity index (χ2n) is 9.04. The number of nitrogens with one attached hydrogen (secondary N) is 2. The molecular weight excluding hydrogens is 454 g/mol. The monoisotopic (exact) mass is 477 g/mol. The normalized spacial score (nSPS) is 14.4. The Morgan fingerprint density at radius 3 is 2.74 bits per heavy atom. The second kappa shape index (κ2) is 8.41. The van der Waals surface area contributed by atoms with Crippen molar-refractivity contribution in [3.05, 3.63) is 72.1 Å². The van der Waals surface area contributed by atoms with E-state index in [4.69, 9.17) is 4.98 Å². The van der Waals surface area contributed by atoms with Crippen molar-refractivity contribution in [1.82, 2.24) is 35.0 Å². The summed E-state index contributed by atoms with van der Waals surface area (Å²) in [5, 5.41) is 11.0. The Morgan fingerprint density at radius 1 is 0.943 bits per heavy atom. The maximum atomic E-state index is 5.02. The topological polar surface area (TPSA) is 86.4 Å². The van der Waals surface area contributed by atoms with E-state index in [0.717, 1.165) is 56.7 Å². The van der Waals surface area contributed by atoms with Crippen LogP contribution in [0.4, 0.5) is 0 Å². The molecule has 0 atom stereocenters. The third-order valence-electron chi connectivity index (χ3n) is 6.69. The van der Waals surface area contributed by atoms with E-state index in [2.05, 4.69) is 59.7 Å². The molecule has 1 fully saturated rings. The number of nitrogens with zero attached hydrogens (tertiary/aromatic N) is 5. The molecule has 0 unspecified atom stereocenters. The second-order valence-corrected chi connectivity index (χ2v) is 9.99. The SMILES string of the molecule is c1csc(-c2cncc3[nH]c(-c4n[nH]c5ccc(-c6cncc(CN7CCCC7)c6)nc45)cc23)c1. The fourth-order valence-corrected chi connectivity index (χ4v) is 5.72. The molecule has 172 valence electrons. The van der Waals surface area contributed by atoms with Crippen LogP contribution < -0.4 is 0 Å². The number of likely N-dealkylation sites (tertiary alicyclic amines) is 1. The number of hydrogen-bond acceptors (Lipinski definition) is 6. The van der Waals surface area contributed by atoms with Gasteiger partial charge in [-0.15, -0.1) is 11.3 Å². The summed E-state index contributed by atoms with van der Waals surface area (Å²) in [5.74, 6) is 0. The first-order chi connectivity index (χ1) is 17.3. The number of aromatic nitrogens is 6. The number of aromatic amines is 2. The molecule has 0 saturated carbocycles. The molecule has 7 nitrogen and oxygen atoms in total. The van der Waals surface area contributed by atoms with Crippen LogP contribution in [0.15, 0.2) is 66.6 Å². The lowest BCUT2D eigenvalue weighted by molar-refractivity contribution is 0.331. The predicted molar refractivity (Wildman–Crippen MR) is 140 cm³/mol. The Morgan fingerprint density at radius 2 is 1.86 bits per heavy atom. The number of thiophene rings is 1. The van der Waals surface area contributed by atoms with E-state index >= 15 is 0 Å². The maximum absolute atomic E-state index is 5.02. The van der Waals surface area contributed by atoms with Crippen LogP contribution in [-0.2, 0) is 6.54 Å². The van der Waals surface area contributed by atoms with Crippen molar-refractivity contribution in [2.24, 2.45) is 0 Å². The average molecular weight is 478 g/mol. The van der Waals surface area contributed by atoms with Gasteiger partial charge in [0.15, 0.2) is 0 Å². The lowest BCUT2D eigenvalue weighted by Crippen LogP contribution is -2.18. The van der Waals surface area contributed by atoms with E-state index in [1.807, 2.05) is 36.9 Å². The molecule has 8 heteroatoms. The molecule has 0 bridgehead atoms. The van der Waals surface area contributed by atoms with Crippen LogP contribution in [0, 0.1) is 0 Å². The van der Waals surface area contributed by atoms with Gasteiger partial charge in [0.1, 0.15) is 11.2 Å². The van der Waals surface area contributed by atoms with Crippen LogP contribution in [0.2, 0.25) is 0 Å². The Balaban J connectivity index is 1.28. The van der Waals surface area contributed by atoms with E-state index in [1.165, 1.54) is 36.4 Å². The lowest BCUT2D eigenvalue weighted by atomic mass is 10.1. The van der Waals surface area contributed by atoms with Gasteiger partial charge in [0, 0.05) is 46.5 Å². The molecule has 6 aromatic rings. The summed E-state index contributed by atoms with van der Waals surface area (Å²) in [5.41, 5.74) is 8.71. The molecule has 0 aliphatic carbocycles. The average Bonchev–Trinajstić information content (AvgIpc) is 3.70. The van der Waals surface area contributed by atoms with Crippen LogP contribution in [0.3, 0.4) is 0 Å². The quantitative estimate of drug-likeness (QED) is 0.323. The van der Waals surface area contributed by atoms with E-state index < -0.39 is 0 Å². The Labute approximate surface area is 205 Å². The van der Waals surface area contributed by atoms with Gasteiger partial charge in [0.2, 0.25) is 0 Å². The molecule has 1 aliphatic heterocycles. The summed E-state index contributed by atoms with van der Waals surface area (Å²) in [6.45, 7) is 3.28. The summed E-state index contributed by atoms with van der Waals surface area (Å²) in [4.78, 5) is 21.2. The summed E-state index contributed by atoms with van der Waals surface area (Å²) in [7, 11) is 0. The smallest absolute Gasteiger partial charge is 0.135 e. The molecule has 1 saturated heterocycles. The van der Waals surface area contributed by atoms with E-state index in [9.17, 15) is 0 Å². The zero-order valence-electron chi connectivity index (χ0n) is 19.0. The van der Waals surface area contributed by atoms with Crippen molar-refractivity contribution in [2.75, 3.05) is 13.1 Å². The van der Waals surface area contributed by atoms with Gasteiger partial charge in [0.25, 0.3) is 0 Å². The number of pyridine rings is 3. The molecule has 0 aromatic carbocycles. The summed E-state index contributed by atoms with van der Waals surface area (Å²) >= 11 is 1.71. The summed E-state index contributed by atoms with van der Waals surface area (Å²) < 4.78 is 0. The lowest BCUT2D eigenvalue weighted by Gasteiger charge is -2.14. The third kappa shape index (κ3) is 3.71. The standard InChI is InChI=1S/C27H23N7S/c1-2-8-34(7-1)16-17-10-18(13-28-12-17)21-5-6-22-26(31-21)27(33-32-22)23-11-19-20(25-4-3-9-35-25)14-29-15-24(19)30-23/h3-6,9-15,30H,1-2,7-8,16H2,(H,32,33). The van der Waals surface area contributed by atoms with Gasteiger partial charge >= 0.3 is 0 Å². The van der Waals surface area contributed by atoms with E-state index in [0.29, 0.717) is 0 Å². The highest BCUT2D eigenvalue weighted by Gasteiger charge is 2.17. The molecule has 1 aliphatic rings. The molecule has 0 spiro atoms. The Hall–Kier alpha value is -3.88. The predicted octanol–water partition coefficient (Wildman–Crippen LogP) is 5.89. The van der Waals surface area contributed by atoms with Crippen molar-refractivity contribution in [1.29, 1.82) is 0 Å². The zero-order chi connectivity index (χ0) is 23.2. The molecule has 7 heterocycles. The first-order valence-electron chi connectivity index (χ1n) is 11.8. The summed E-state index contributed by atoms with van der Waals surface area (Å²) in [6.07, 6.45) is 10.2. The van der Waals surface area contributed by atoms with Crippen LogP contribution >= 0.6 is 11.3 Å². The Bertz CT molecular complexity index is 1640. The minimum absolute atomic E-state index is 0.802. The molecule has 6 aromatic heterocycles. The van der Waals surface area contributed by atoms with Gasteiger partial charge in [-0.2, -0.15) is 5.10 Å². The molecule has 7 rings (SSSR count). The molecular formula is C27H23N7S. The van der Waals surface area contributed by atoms with Crippen LogP contribution in [0.5, 0.6) is 0 Å². The van der Waals surface area contributed by atoms with E-state index in [-0.39, 0.29) is 0 Å². The van der Waals surface area contributed by atoms with Gasteiger partial charge in [-0.3, -0.25) is 20.0 Å². The highest BCUT2D eigenvalue weighted by atomic mass is 32.1. The fraction of sp³-hybridized carbons (Fsp3) is 0.185. The molecule has 35 heavy (non-hydrogen) atoms. The molecule has 2 N–H and O–H groups in total. The highest BCUT2D eigenvalue weighted by molar-refractivity contribution is 7.13. The number of H-pyrrole nitrogens is 2. The van der Waals surface area contributed by atoms with Crippen LogP contribution in [0.25, 0.3) is 55.0 Å². The minimum Gasteiger partial charge on any atom is -0.352 e. The van der Waals surface area contributed by atoms with E-state index in [1.54, 1.807) is 11.3 Å². The van der Waals surface area contributed by atoms with Crippen LogP contribution in [-0.4, -0.2) is 48.1 Å². The van der Waals surface area contributed by atoms with Crippen molar-refractivity contribution < 1.29 is 0 Å². The molecule has 0 radical (unpaired) electrons. The number of rotatable bonds is 5. The number of hydrogen-bond donors (Lipinski definition) is 2. The number of fused-ring (bicyclic) bond motifs is 2. The minimum atomic E-state index is 0.802. The maximum Gasteiger partial charge on any atom is 0.135 e. The fourth-order valence-electron chi connectivity index (χ4n) is 4.97. The van der Waals surface area contributed by atoms with Crippen molar-refractivity contribution >= 4 is 33.3 Å². The third-order valence-corrected chi connectivity index (χ3v) is 7.59. The van der Waals surface area contributed by atoms with Gasteiger partial charge in [-0.25, -0.2) is 4.98 Å². The van der Waals surface area contributed by atoms with Gasteiger partial charge in [-0.1, -0.05) is 6.07 Å². The van der Waals surface area contributed by atoms with Gasteiger partial charge in [-0.05, 0) is 67.2 Å². The van der Waals surface area contributed by atoms with Crippen molar-refractivity contribution in [3.63, 3.8) is 0 Å². The first kappa shape index (κ1) is 20.5. The zero-order valence-corrected chi connectivity index (χ0v) is 19.8. The first-order valence-corrected chi connectivity index (χ1v) is 12.7. The van der Waals surface area contributed by atoms with Crippen molar-refractivity contribution in [2.45, 2.75) is 19.4 Å². The Kier molecular flexibility index (Phi) is 4.92. The van der Waals surface area contributed by atoms with Gasteiger partial charge in [0.05, 0.1) is 28.6 Å².